The van der Waals surface area contributed by atoms with Crippen molar-refractivity contribution in [1.29, 1.82) is 0 Å². The molecule has 0 bridgehead atoms. The van der Waals surface area contributed by atoms with Gasteiger partial charge in [0.25, 0.3) is 0 Å². The van der Waals surface area contributed by atoms with Gasteiger partial charge in [0.05, 0.1) is 6.10 Å². The second-order valence-corrected chi connectivity index (χ2v) is 11.4. The number of rotatable bonds is 4. The molecule has 0 spiro atoms. The predicted octanol–water partition coefficient (Wildman–Crippen LogP) is 4.44. The van der Waals surface area contributed by atoms with E-state index in [4.69, 9.17) is 10.8 Å². The van der Waals surface area contributed by atoms with Crippen LogP contribution in [0.25, 0.3) is 0 Å². The van der Waals surface area contributed by atoms with Gasteiger partial charge in [-0.05, 0) is 104 Å². The maximum atomic E-state index is 11.5. The standard InChI is InChI=1S/C24H41NO3/c1-14(4-9-22(27)28)18-7-8-19-17-6-5-15-12-16(25)10-11-23(15,2)20(17)13-21(26)24(18,19)3/h14-21,26H,4-13,25H2,1-3H3,(H,27,28)/t14?,15-,16+,17?,18-,19?,20?,21+,23+,24-/m1/s1. The van der Waals surface area contributed by atoms with Crippen LogP contribution in [0.5, 0.6) is 0 Å². The molecule has 0 radical (unpaired) electrons. The quantitative estimate of drug-likeness (QED) is 0.661. The van der Waals surface area contributed by atoms with Crippen LogP contribution in [-0.4, -0.2) is 28.3 Å². The molecule has 4 rings (SSSR count). The van der Waals surface area contributed by atoms with Gasteiger partial charge in [-0.1, -0.05) is 20.8 Å². The highest BCUT2D eigenvalue weighted by molar-refractivity contribution is 5.66. The Bertz CT molecular complexity index is 609. The lowest BCUT2D eigenvalue weighted by atomic mass is 9.43. The highest BCUT2D eigenvalue weighted by atomic mass is 16.4. The lowest BCUT2D eigenvalue weighted by molar-refractivity contribution is -0.169. The largest absolute Gasteiger partial charge is 0.481 e. The summed E-state index contributed by atoms with van der Waals surface area (Å²) in [6, 6.07) is 0.374. The van der Waals surface area contributed by atoms with Crippen LogP contribution in [-0.2, 0) is 4.79 Å². The zero-order valence-corrected chi connectivity index (χ0v) is 18.1. The molecule has 4 aliphatic rings. The van der Waals surface area contributed by atoms with Crippen LogP contribution < -0.4 is 5.73 Å². The monoisotopic (exact) mass is 391 g/mol. The molecule has 0 heterocycles. The summed E-state index contributed by atoms with van der Waals surface area (Å²) < 4.78 is 0. The molecule has 0 aromatic rings. The molecule has 4 unspecified atom stereocenters. The number of carboxylic acids is 1. The number of fused-ring (bicyclic) bond motifs is 5. The first-order chi connectivity index (χ1) is 13.2. The average molecular weight is 392 g/mol. The van der Waals surface area contributed by atoms with E-state index < -0.39 is 5.97 Å². The highest BCUT2D eigenvalue weighted by Gasteiger charge is 2.63. The second kappa shape index (κ2) is 7.27. The second-order valence-electron chi connectivity index (χ2n) is 11.4. The van der Waals surface area contributed by atoms with Crippen molar-refractivity contribution in [2.75, 3.05) is 0 Å². The van der Waals surface area contributed by atoms with E-state index in [1.807, 2.05) is 0 Å². The molecule has 4 N–H and O–H groups in total. The van der Waals surface area contributed by atoms with Gasteiger partial charge in [0.15, 0.2) is 0 Å². The van der Waals surface area contributed by atoms with Crippen LogP contribution >= 0.6 is 0 Å². The summed E-state index contributed by atoms with van der Waals surface area (Å²) in [5.41, 5.74) is 6.63. The third-order valence-electron chi connectivity index (χ3n) is 10.4. The molecule has 0 amide bonds. The Hall–Kier alpha value is -0.610. The summed E-state index contributed by atoms with van der Waals surface area (Å²) in [6.45, 7) is 7.08. The van der Waals surface area contributed by atoms with Crippen molar-refractivity contribution in [3.63, 3.8) is 0 Å². The number of hydrogen-bond acceptors (Lipinski definition) is 3. The van der Waals surface area contributed by atoms with Crippen molar-refractivity contribution in [3.05, 3.63) is 0 Å². The Kier molecular flexibility index (Phi) is 5.36. The molecule has 0 aromatic heterocycles. The molecule has 4 saturated carbocycles. The lowest BCUT2D eigenvalue weighted by Crippen LogP contribution is -2.59. The number of carboxylic acid groups (broad SMARTS) is 1. The molecule has 0 aromatic carbocycles. The first kappa shape index (κ1) is 20.7. The molecule has 0 aliphatic heterocycles. The van der Waals surface area contributed by atoms with Gasteiger partial charge in [-0.2, -0.15) is 0 Å². The van der Waals surface area contributed by atoms with Gasteiger partial charge < -0.3 is 15.9 Å². The Balaban J connectivity index is 1.56. The van der Waals surface area contributed by atoms with Crippen LogP contribution in [0.2, 0.25) is 0 Å². The van der Waals surface area contributed by atoms with E-state index in [1.165, 1.54) is 32.1 Å². The number of aliphatic hydroxyl groups excluding tert-OH is 1. The highest BCUT2D eigenvalue weighted by Crippen LogP contribution is 2.68. The van der Waals surface area contributed by atoms with Crippen LogP contribution in [0, 0.1) is 46.3 Å². The summed E-state index contributed by atoms with van der Waals surface area (Å²) in [7, 11) is 0. The van der Waals surface area contributed by atoms with E-state index in [9.17, 15) is 9.90 Å². The van der Waals surface area contributed by atoms with Crippen molar-refractivity contribution in [1.82, 2.24) is 0 Å². The Labute approximate surface area is 170 Å². The van der Waals surface area contributed by atoms with Crippen molar-refractivity contribution in [2.45, 2.75) is 97.1 Å². The number of hydrogen-bond donors (Lipinski definition) is 3. The fourth-order valence-electron chi connectivity index (χ4n) is 8.77. The average Bonchev–Trinajstić information content (AvgIpc) is 3.00. The Morgan fingerprint density at radius 2 is 1.86 bits per heavy atom. The minimum atomic E-state index is -0.697. The summed E-state index contributed by atoms with van der Waals surface area (Å²) >= 11 is 0. The Morgan fingerprint density at radius 3 is 2.57 bits per heavy atom. The van der Waals surface area contributed by atoms with Gasteiger partial charge in [0.2, 0.25) is 0 Å². The minimum absolute atomic E-state index is 0.0344. The molecular weight excluding hydrogens is 350 g/mol. The van der Waals surface area contributed by atoms with Gasteiger partial charge in [0, 0.05) is 12.5 Å². The molecule has 160 valence electrons. The fourth-order valence-corrected chi connectivity index (χ4v) is 8.77. The van der Waals surface area contributed by atoms with E-state index in [0.29, 0.717) is 35.1 Å². The normalized spacial score (nSPS) is 51.7. The number of nitrogens with two attached hydrogens (primary N) is 1. The van der Waals surface area contributed by atoms with Crippen LogP contribution in [0.3, 0.4) is 0 Å². The molecule has 4 fully saturated rings. The topological polar surface area (TPSA) is 83.5 Å². The third kappa shape index (κ3) is 3.05. The van der Waals surface area contributed by atoms with Gasteiger partial charge in [-0.3, -0.25) is 4.79 Å². The molecular formula is C24H41NO3. The first-order valence-corrected chi connectivity index (χ1v) is 11.8. The smallest absolute Gasteiger partial charge is 0.303 e. The molecule has 10 atom stereocenters. The van der Waals surface area contributed by atoms with Crippen molar-refractivity contribution in [3.8, 4) is 0 Å². The lowest BCUT2D eigenvalue weighted by Gasteiger charge is -2.62. The summed E-state index contributed by atoms with van der Waals surface area (Å²) in [5.74, 6) is 2.85. The van der Waals surface area contributed by atoms with Gasteiger partial charge in [-0.15, -0.1) is 0 Å². The van der Waals surface area contributed by atoms with E-state index in [2.05, 4.69) is 20.8 Å². The molecule has 4 aliphatic carbocycles. The van der Waals surface area contributed by atoms with Crippen LogP contribution in [0.15, 0.2) is 0 Å². The summed E-state index contributed by atoms with van der Waals surface area (Å²) in [6.07, 6.45) is 10.2. The van der Waals surface area contributed by atoms with E-state index in [-0.39, 0.29) is 17.9 Å². The van der Waals surface area contributed by atoms with Gasteiger partial charge in [-0.25, -0.2) is 0 Å². The van der Waals surface area contributed by atoms with Crippen molar-refractivity contribution in [2.24, 2.45) is 52.1 Å². The molecule has 0 saturated heterocycles. The van der Waals surface area contributed by atoms with Gasteiger partial charge in [0.1, 0.15) is 0 Å². The molecule has 4 nitrogen and oxygen atoms in total. The number of carbonyl (C=O) groups is 1. The number of aliphatic carboxylic acids is 1. The summed E-state index contributed by atoms with van der Waals surface area (Å²) in [4.78, 5) is 11.1. The molecule has 4 heteroatoms. The third-order valence-corrected chi connectivity index (χ3v) is 10.4. The van der Waals surface area contributed by atoms with Crippen LogP contribution in [0.4, 0.5) is 0 Å². The fraction of sp³-hybridized carbons (Fsp3) is 0.958. The zero-order chi connectivity index (χ0) is 20.3. The van der Waals surface area contributed by atoms with E-state index in [0.717, 1.165) is 37.5 Å². The maximum Gasteiger partial charge on any atom is 0.303 e. The van der Waals surface area contributed by atoms with Crippen LogP contribution in [0.1, 0.15) is 85.0 Å². The van der Waals surface area contributed by atoms with E-state index >= 15 is 0 Å². The summed E-state index contributed by atoms with van der Waals surface area (Å²) in [5, 5.41) is 20.6. The van der Waals surface area contributed by atoms with Crippen molar-refractivity contribution >= 4 is 5.97 Å². The maximum absolute atomic E-state index is 11.5. The Morgan fingerprint density at radius 1 is 1.11 bits per heavy atom. The minimum Gasteiger partial charge on any atom is -0.481 e. The SMILES string of the molecule is CC(CCC(=O)O)[C@H]1CCC2C3CC[C@@H]4C[C@@H](N)CC[C@]4(C)C3C[C@H](O)[C@@]21C. The van der Waals surface area contributed by atoms with Crippen molar-refractivity contribution < 1.29 is 15.0 Å². The van der Waals surface area contributed by atoms with E-state index in [1.54, 1.807) is 0 Å². The zero-order valence-electron chi connectivity index (χ0n) is 18.1. The number of aliphatic hydroxyl groups is 1. The first-order valence-electron chi connectivity index (χ1n) is 11.8. The van der Waals surface area contributed by atoms with Gasteiger partial charge >= 0.3 is 5.97 Å². The predicted molar refractivity (Wildman–Crippen MR) is 111 cm³/mol. The molecule has 28 heavy (non-hydrogen) atoms.